The highest BCUT2D eigenvalue weighted by atomic mass is 16.5. The van der Waals surface area contributed by atoms with Gasteiger partial charge in [-0.15, -0.1) is 0 Å². The molecule has 0 unspecified atom stereocenters. The average molecular weight is 420 g/mol. The molecule has 1 aliphatic carbocycles. The number of ether oxygens (including phenoxy) is 1. The monoisotopic (exact) mass is 419 g/mol. The van der Waals surface area contributed by atoms with Crippen molar-refractivity contribution in [3.63, 3.8) is 0 Å². The topological polar surface area (TPSA) is 70.7 Å². The molecule has 6 nitrogen and oxygen atoms in total. The van der Waals surface area contributed by atoms with Crippen LogP contribution >= 0.6 is 0 Å². The summed E-state index contributed by atoms with van der Waals surface area (Å²) in [7, 11) is 0. The van der Waals surface area contributed by atoms with Gasteiger partial charge in [0.1, 0.15) is 0 Å². The first-order chi connectivity index (χ1) is 15.2. The van der Waals surface area contributed by atoms with Gasteiger partial charge in [0.15, 0.2) is 0 Å². The van der Waals surface area contributed by atoms with E-state index in [-0.39, 0.29) is 11.8 Å². The van der Waals surface area contributed by atoms with Crippen LogP contribution in [-0.4, -0.2) is 49.1 Å². The van der Waals surface area contributed by atoms with Gasteiger partial charge in [-0.05, 0) is 47.7 Å². The highest BCUT2D eigenvalue weighted by molar-refractivity contribution is 5.95. The quantitative estimate of drug-likeness (QED) is 0.646. The molecule has 4 rings (SSSR count). The largest absolute Gasteiger partial charge is 0.379 e. The number of rotatable bonds is 8. The Morgan fingerprint density at radius 2 is 1.77 bits per heavy atom. The molecule has 2 fully saturated rings. The molecule has 0 bridgehead atoms. The van der Waals surface area contributed by atoms with Gasteiger partial charge in [0, 0.05) is 43.9 Å². The number of carbonyl (C=O) groups excluding carboxylic acids is 2. The zero-order valence-corrected chi connectivity index (χ0v) is 17.7. The van der Waals surface area contributed by atoms with Crippen molar-refractivity contribution in [2.45, 2.75) is 32.0 Å². The molecule has 0 aromatic heterocycles. The van der Waals surface area contributed by atoms with E-state index in [1.165, 1.54) is 11.6 Å². The number of nitrogens with one attached hydrogen (secondary N) is 2. The summed E-state index contributed by atoms with van der Waals surface area (Å²) < 4.78 is 5.40. The molecule has 1 heterocycles. The fourth-order valence-electron chi connectivity index (χ4n) is 3.52. The second-order valence-electron chi connectivity index (χ2n) is 8.13. The van der Waals surface area contributed by atoms with E-state index in [1.807, 2.05) is 24.3 Å². The molecular weight excluding hydrogens is 390 g/mol. The summed E-state index contributed by atoms with van der Waals surface area (Å²) in [5.74, 6) is -0.180. The lowest BCUT2D eigenvalue weighted by atomic mass is 10.1. The zero-order valence-electron chi connectivity index (χ0n) is 17.7. The smallest absolute Gasteiger partial charge is 0.251 e. The number of amides is 2. The maximum Gasteiger partial charge on any atom is 0.251 e. The summed E-state index contributed by atoms with van der Waals surface area (Å²) in [4.78, 5) is 26.6. The summed E-state index contributed by atoms with van der Waals surface area (Å²) in [6, 6.07) is 15.9. The number of morpholine rings is 1. The molecule has 2 aromatic rings. The van der Waals surface area contributed by atoms with E-state index in [1.54, 1.807) is 18.2 Å². The Kier molecular flexibility index (Phi) is 7.12. The SMILES string of the molecule is O=C(C=Cc1ccc(C(=O)NC2CC2)cc1)NCc1cccc(CN2CCOCC2)c1. The minimum Gasteiger partial charge on any atom is -0.379 e. The van der Waals surface area contributed by atoms with Crippen LogP contribution in [0.1, 0.15) is 39.9 Å². The number of hydrogen-bond donors (Lipinski definition) is 2. The molecule has 31 heavy (non-hydrogen) atoms. The van der Waals surface area contributed by atoms with Gasteiger partial charge in [-0.2, -0.15) is 0 Å². The first-order valence-electron chi connectivity index (χ1n) is 10.9. The van der Waals surface area contributed by atoms with E-state index in [4.69, 9.17) is 4.74 Å². The maximum atomic E-state index is 12.2. The Morgan fingerprint density at radius 1 is 1.03 bits per heavy atom. The van der Waals surface area contributed by atoms with Gasteiger partial charge in [-0.3, -0.25) is 14.5 Å². The van der Waals surface area contributed by atoms with Crippen molar-refractivity contribution in [3.05, 3.63) is 76.9 Å². The van der Waals surface area contributed by atoms with Crippen molar-refractivity contribution in [1.82, 2.24) is 15.5 Å². The van der Waals surface area contributed by atoms with Gasteiger partial charge >= 0.3 is 0 Å². The fourth-order valence-corrected chi connectivity index (χ4v) is 3.52. The van der Waals surface area contributed by atoms with Crippen LogP contribution in [0.25, 0.3) is 6.08 Å². The van der Waals surface area contributed by atoms with Crippen molar-refractivity contribution >= 4 is 17.9 Å². The Hall–Kier alpha value is -2.96. The zero-order chi connectivity index (χ0) is 21.5. The van der Waals surface area contributed by atoms with Crippen LogP contribution in [0, 0.1) is 0 Å². The standard InChI is InChI=1S/C25H29N3O3/c29-24(11-6-19-4-7-22(8-5-19)25(30)27-23-9-10-23)26-17-20-2-1-3-21(16-20)18-28-12-14-31-15-13-28/h1-8,11,16,23H,9-10,12-15,17-18H2,(H,26,29)(H,27,30). The molecule has 6 heteroatoms. The van der Waals surface area contributed by atoms with Gasteiger partial charge in [0.25, 0.3) is 5.91 Å². The molecule has 2 aliphatic rings. The fraction of sp³-hybridized carbons (Fsp3) is 0.360. The molecule has 1 saturated heterocycles. The third-order valence-electron chi connectivity index (χ3n) is 5.48. The van der Waals surface area contributed by atoms with Crippen LogP contribution in [0.15, 0.2) is 54.6 Å². The van der Waals surface area contributed by atoms with Gasteiger partial charge in [0.2, 0.25) is 5.91 Å². The normalized spacial score (nSPS) is 16.9. The van der Waals surface area contributed by atoms with E-state index in [2.05, 4.69) is 27.7 Å². The number of carbonyl (C=O) groups is 2. The van der Waals surface area contributed by atoms with E-state index < -0.39 is 0 Å². The van der Waals surface area contributed by atoms with Crippen LogP contribution in [0.4, 0.5) is 0 Å². The number of benzene rings is 2. The molecule has 0 atom stereocenters. The highest BCUT2D eigenvalue weighted by Crippen LogP contribution is 2.19. The van der Waals surface area contributed by atoms with E-state index in [0.29, 0.717) is 18.2 Å². The van der Waals surface area contributed by atoms with E-state index >= 15 is 0 Å². The molecule has 1 saturated carbocycles. The first-order valence-corrected chi connectivity index (χ1v) is 10.9. The summed E-state index contributed by atoms with van der Waals surface area (Å²) in [6.45, 7) is 4.88. The van der Waals surface area contributed by atoms with E-state index in [0.717, 1.165) is 56.8 Å². The summed E-state index contributed by atoms with van der Waals surface area (Å²) in [5.41, 5.74) is 3.85. The molecule has 2 aromatic carbocycles. The van der Waals surface area contributed by atoms with Crippen molar-refractivity contribution in [1.29, 1.82) is 0 Å². The maximum absolute atomic E-state index is 12.2. The van der Waals surface area contributed by atoms with Crippen molar-refractivity contribution in [2.75, 3.05) is 26.3 Å². The molecule has 2 N–H and O–H groups in total. The third-order valence-corrected chi connectivity index (χ3v) is 5.48. The highest BCUT2D eigenvalue weighted by Gasteiger charge is 2.23. The van der Waals surface area contributed by atoms with Crippen molar-refractivity contribution in [3.8, 4) is 0 Å². The summed E-state index contributed by atoms with van der Waals surface area (Å²) in [6.07, 6.45) is 5.42. The number of hydrogen-bond acceptors (Lipinski definition) is 4. The van der Waals surface area contributed by atoms with Crippen LogP contribution in [0.2, 0.25) is 0 Å². The third kappa shape index (κ3) is 6.77. The molecule has 1 aliphatic heterocycles. The van der Waals surface area contributed by atoms with Gasteiger partial charge in [-0.25, -0.2) is 0 Å². The Balaban J connectivity index is 1.24. The summed E-state index contributed by atoms with van der Waals surface area (Å²) >= 11 is 0. The lowest BCUT2D eigenvalue weighted by Gasteiger charge is -2.26. The molecular formula is C25H29N3O3. The van der Waals surface area contributed by atoms with Crippen LogP contribution < -0.4 is 10.6 Å². The van der Waals surface area contributed by atoms with Gasteiger partial charge < -0.3 is 15.4 Å². The minimum atomic E-state index is -0.144. The minimum absolute atomic E-state index is 0.0355. The Bertz CT molecular complexity index is 929. The Labute approximate surface area is 183 Å². The molecule has 2 amide bonds. The van der Waals surface area contributed by atoms with Crippen LogP contribution in [-0.2, 0) is 22.6 Å². The van der Waals surface area contributed by atoms with Crippen molar-refractivity contribution in [2.24, 2.45) is 0 Å². The second-order valence-corrected chi connectivity index (χ2v) is 8.13. The van der Waals surface area contributed by atoms with Crippen molar-refractivity contribution < 1.29 is 14.3 Å². The molecule has 0 radical (unpaired) electrons. The molecule has 0 spiro atoms. The lowest BCUT2D eigenvalue weighted by molar-refractivity contribution is -0.116. The predicted octanol–water partition coefficient (Wildman–Crippen LogP) is 2.74. The van der Waals surface area contributed by atoms with Gasteiger partial charge in [0.05, 0.1) is 13.2 Å². The first kappa shape index (κ1) is 21.3. The van der Waals surface area contributed by atoms with E-state index in [9.17, 15) is 9.59 Å². The van der Waals surface area contributed by atoms with Crippen LogP contribution in [0.5, 0.6) is 0 Å². The lowest BCUT2D eigenvalue weighted by Crippen LogP contribution is -2.35. The Morgan fingerprint density at radius 3 is 2.52 bits per heavy atom. The molecule has 162 valence electrons. The summed E-state index contributed by atoms with van der Waals surface area (Å²) in [5, 5.41) is 5.90. The second kappa shape index (κ2) is 10.4. The van der Waals surface area contributed by atoms with Gasteiger partial charge in [-0.1, -0.05) is 36.4 Å². The number of nitrogens with zero attached hydrogens (tertiary/aromatic N) is 1. The van der Waals surface area contributed by atoms with Crippen LogP contribution in [0.3, 0.4) is 0 Å². The average Bonchev–Trinajstić information content (AvgIpc) is 3.61. The predicted molar refractivity (Wildman–Crippen MR) is 120 cm³/mol.